The molecule has 0 bridgehead atoms. The van der Waals surface area contributed by atoms with Crippen LogP contribution in [0.4, 0.5) is 5.00 Å². The highest BCUT2D eigenvalue weighted by Gasteiger charge is 1.82. The summed E-state index contributed by atoms with van der Waals surface area (Å²) >= 11 is 1.46. The lowest BCUT2D eigenvalue weighted by Gasteiger charge is -1.84. The molecule has 0 amide bonds. The van der Waals surface area contributed by atoms with Gasteiger partial charge >= 0.3 is 0 Å². The summed E-state index contributed by atoms with van der Waals surface area (Å²) < 4.78 is 3.87. The maximum absolute atomic E-state index is 3.87. The third-order valence-electron chi connectivity index (χ3n) is 0.684. The van der Waals surface area contributed by atoms with E-state index in [1.54, 1.807) is 6.20 Å². The zero-order valence-electron chi connectivity index (χ0n) is 6.01. The second-order valence-corrected chi connectivity index (χ2v) is 1.96. The van der Waals surface area contributed by atoms with E-state index in [1.165, 1.54) is 11.5 Å². The molecule has 1 aromatic rings. The average molecular weight is 144 g/mol. The van der Waals surface area contributed by atoms with Crippen LogP contribution in [0.2, 0.25) is 0 Å². The molecule has 1 aromatic heterocycles. The fraction of sp³-hybridized carbons (Fsp3) is 0.500. The quantitative estimate of drug-likeness (QED) is 0.653. The third kappa shape index (κ3) is 3.08. The molecule has 0 radical (unpaired) electrons. The van der Waals surface area contributed by atoms with Gasteiger partial charge in [0.1, 0.15) is 5.00 Å². The molecule has 52 valence electrons. The second-order valence-electron chi connectivity index (χ2n) is 1.13. The molecule has 0 fully saturated rings. The zero-order chi connectivity index (χ0) is 7.11. The summed E-state index contributed by atoms with van der Waals surface area (Å²) in [6, 6.07) is 1.94. The van der Waals surface area contributed by atoms with Crippen molar-refractivity contribution in [2.75, 3.05) is 12.4 Å². The first-order valence-electron chi connectivity index (χ1n) is 3.02. The molecule has 0 aliphatic heterocycles. The Bertz CT molecular complexity index is 126. The molecule has 0 aliphatic rings. The van der Waals surface area contributed by atoms with Gasteiger partial charge in [0.2, 0.25) is 0 Å². The molecule has 1 rings (SSSR count). The molecule has 0 aliphatic carbocycles. The van der Waals surface area contributed by atoms with Crippen LogP contribution >= 0.6 is 11.5 Å². The third-order valence-corrected chi connectivity index (χ3v) is 1.45. The minimum Gasteiger partial charge on any atom is -0.379 e. The van der Waals surface area contributed by atoms with Crippen molar-refractivity contribution in [3.8, 4) is 0 Å². The Morgan fingerprint density at radius 1 is 1.56 bits per heavy atom. The van der Waals surface area contributed by atoms with Crippen molar-refractivity contribution in [1.82, 2.24) is 4.37 Å². The molecular formula is C6H12N2S. The summed E-state index contributed by atoms with van der Waals surface area (Å²) in [6.07, 6.45) is 1.77. The molecule has 3 heteroatoms. The highest BCUT2D eigenvalue weighted by atomic mass is 32.1. The molecule has 0 spiro atoms. The molecule has 0 aromatic carbocycles. The van der Waals surface area contributed by atoms with Crippen molar-refractivity contribution in [1.29, 1.82) is 0 Å². The van der Waals surface area contributed by atoms with Gasteiger partial charge in [-0.05, 0) is 17.6 Å². The van der Waals surface area contributed by atoms with Gasteiger partial charge in [0.25, 0.3) is 0 Å². The van der Waals surface area contributed by atoms with E-state index >= 15 is 0 Å². The van der Waals surface area contributed by atoms with Crippen molar-refractivity contribution in [3.63, 3.8) is 0 Å². The van der Waals surface area contributed by atoms with E-state index in [0.29, 0.717) is 0 Å². The van der Waals surface area contributed by atoms with Gasteiger partial charge in [-0.2, -0.15) is 4.37 Å². The highest BCUT2D eigenvalue weighted by Crippen LogP contribution is 2.08. The Kier molecular flexibility index (Phi) is 5.21. The molecular weight excluding hydrogens is 132 g/mol. The van der Waals surface area contributed by atoms with Gasteiger partial charge in [-0.1, -0.05) is 13.8 Å². The van der Waals surface area contributed by atoms with Gasteiger partial charge in [0.15, 0.2) is 0 Å². The first kappa shape index (κ1) is 8.43. The van der Waals surface area contributed by atoms with E-state index in [9.17, 15) is 0 Å². The normalized spacial score (nSPS) is 7.44. The maximum atomic E-state index is 3.87. The minimum absolute atomic E-state index is 1.11. The molecule has 0 saturated heterocycles. The summed E-state index contributed by atoms with van der Waals surface area (Å²) in [5.74, 6) is 0. The lowest BCUT2D eigenvalue weighted by molar-refractivity contribution is 1.50. The van der Waals surface area contributed by atoms with Crippen molar-refractivity contribution >= 4 is 16.5 Å². The van der Waals surface area contributed by atoms with Crippen LogP contribution in [-0.2, 0) is 0 Å². The van der Waals surface area contributed by atoms with Crippen molar-refractivity contribution in [2.45, 2.75) is 13.8 Å². The Balaban J connectivity index is 0.000000291. The van der Waals surface area contributed by atoms with Gasteiger partial charge in [-0.15, -0.1) is 0 Å². The van der Waals surface area contributed by atoms with Crippen LogP contribution in [0.5, 0.6) is 0 Å². The van der Waals surface area contributed by atoms with E-state index in [1.807, 2.05) is 27.0 Å². The molecule has 0 unspecified atom stereocenters. The van der Waals surface area contributed by atoms with Crippen molar-refractivity contribution in [3.05, 3.63) is 12.3 Å². The fourth-order valence-corrected chi connectivity index (χ4v) is 0.793. The minimum atomic E-state index is 1.11. The van der Waals surface area contributed by atoms with Crippen LogP contribution in [0.15, 0.2) is 12.3 Å². The standard InChI is InChI=1S/C4H6N2S.C2H6/c1-5-4-2-3-6-7-4;1-2/h2-3,5H,1H3;1-2H3. The van der Waals surface area contributed by atoms with Crippen LogP contribution in [0, 0.1) is 0 Å². The fourth-order valence-electron chi connectivity index (χ4n) is 0.345. The first-order valence-corrected chi connectivity index (χ1v) is 3.79. The Hall–Kier alpha value is -0.570. The Morgan fingerprint density at radius 3 is 2.44 bits per heavy atom. The monoisotopic (exact) mass is 144 g/mol. The van der Waals surface area contributed by atoms with Gasteiger partial charge in [0, 0.05) is 13.2 Å². The summed E-state index contributed by atoms with van der Waals surface area (Å²) in [7, 11) is 1.88. The van der Waals surface area contributed by atoms with Gasteiger partial charge in [-0.3, -0.25) is 0 Å². The molecule has 0 atom stereocenters. The predicted octanol–water partition coefficient (Wildman–Crippen LogP) is 2.21. The summed E-state index contributed by atoms with van der Waals surface area (Å²) in [5, 5.41) is 4.07. The largest absolute Gasteiger partial charge is 0.379 e. The van der Waals surface area contributed by atoms with Crippen LogP contribution in [0.3, 0.4) is 0 Å². The number of nitrogens with zero attached hydrogens (tertiary/aromatic N) is 1. The Morgan fingerprint density at radius 2 is 2.22 bits per heavy atom. The Labute approximate surface area is 60.1 Å². The second kappa shape index (κ2) is 5.56. The molecule has 1 heterocycles. The average Bonchev–Trinajstić information content (AvgIpc) is 2.43. The number of nitrogens with one attached hydrogen (secondary N) is 1. The first-order chi connectivity index (χ1) is 4.43. The summed E-state index contributed by atoms with van der Waals surface area (Å²) in [4.78, 5) is 0. The highest BCUT2D eigenvalue weighted by molar-refractivity contribution is 7.10. The van der Waals surface area contributed by atoms with Crippen LogP contribution in [0.1, 0.15) is 13.8 Å². The van der Waals surface area contributed by atoms with E-state index in [-0.39, 0.29) is 0 Å². The van der Waals surface area contributed by atoms with Crippen LogP contribution < -0.4 is 5.32 Å². The summed E-state index contributed by atoms with van der Waals surface area (Å²) in [6.45, 7) is 4.00. The van der Waals surface area contributed by atoms with E-state index in [2.05, 4.69) is 9.69 Å². The zero-order valence-corrected chi connectivity index (χ0v) is 6.83. The van der Waals surface area contributed by atoms with Crippen LogP contribution in [0.25, 0.3) is 0 Å². The predicted molar refractivity (Wildman–Crippen MR) is 43.0 cm³/mol. The van der Waals surface area contributed by atoms with E-state index < -0.39 is 0 Å². The number of rotatable bonds is 1. The van der Waals surface area contributed by atoms with Crippen molar-refractivity contribution in [2.24, 2.45) is 0 Å². The SMILES string of the molecule is CC.CNc1ccns1. The van der Waals surface area contributed by atoms with E-state index in [0.717, 1.165) is 5.00 Å². The lowest BCUT2D eigenvalue weighted by atomic mass is 10.7. The number of hydrogen-bond donors (Lipinski definition) is 1. The lowest BCUT2D eigenvalue weighted by Crippen LogP contribution is -1.79. The number of aromatic nitrogens is 1. The topological polar surface area (TPSA) is 24.9 Å². The smallest absolute Gasteiger partial charge is 0.109 e. The van der Waals surface area contributed by atoms with Gasteiger partial charge in [-0.25, -0.2) is 0 Å². The maximum Gasteiger partial charge on any atom is 0.109 e. The van der Waals surface area contributed by atoms with Crippen LogP contribution in [-0.4, -0.2) is 11.4 Å². The van der Waals surface area contributed by atoms with Crippen molar-refractivity contribution < 1.29 is 0 Å². The molecule has 1 N–H and O–H groups in total. The number of anilines is 1. The van der Waals surface area contributed by atoms with Gasteiger partial charge in [0.05, 0.1) is 0 Å². The summed E-state index contributed by atoms with van der Waals surface area (Å²) in [5.41, 5.74) is 0. The van der Waals surface area contributed by atoms with E-state index in [4.69, 9.17) is 0 Å². The molecule has 0 saturated carbocycles. The molecule has 2 nitrogen and oxygen atoms in total. The molecule has 9 heavy (non-hydrogen) atoms. The number of hydrogen-bond acceptors (Lipinski definition) is 3. The van der Waals surface area contributed by atoms with Gasteiger partial charge < -0.3 is 5.32 Å².